The molecule has 2 aromatic heterocycles. The predicted octanol–water partition coefficient (Wildman–Crippen LogP) is 14.4. The molecule has 13 rings (SSSR count). The van der Waals surface area contributed by atoms with Crippen LogP contribution in [-0.4, -0.2) is 15.0 Å². The second kappa shape index (κ2) is 12.7. The third-order valence-electron chi connectivity index (χ3n) is 12.8. The van der Waals surface area contributed by atoms with E-state index in [1.165, 1.54) is 81.0 Å². The molecule has 3 nitrogen and oxygen atoms in total. The van der Waals surface area contributed by atoms with Gasteiger partial charge in [0.25, 0.3) is 0 Å². The lowest BCUT2D eigenvalue weighted by atomic mass is 9.70. The highest BCUT2D eigenvalue weighted by Gasteiger charge is 2.52. The summed E-state index contributed by atoms with van der Waals surface area (Å²) in [4.78, 5) is 15.3. The van der Waals surface area contributed by atoms with Gasteiger partial charge in [0, 0.05) is 36.9 Å². The van der Waals surface area contributed by atoms with Crippen molar-refractivity contribution < 1.29 is 0 Å². The number of hydrogen-bond donors (Lipinski definition) is 0. The molecule has 0 unspecified atom stereocenters. The van der Waals surface area contributed by atoms with Crippen LogP contribution in [0.3, 0.4) is 0 Å². The van der Waals surface area contributed by atoms with Crippen LogP contribution in [0.2, 0.25) is 0 Å². The van der Waals surface area contributed by atoms with Gasteiger partial charge in [-0.05, 0) is 90.7 Å². The van der Waals surface area contributed by atoms with Crippen LogP contribution in [0, 0.1) is 0 Å². The molecule has 0 saturated carbocycles. The lowest BCUT2D eigenvalue weighted by molar-refractivity contribution is 0.794. The maximum atomic E-state index is 5.17. The monoisotopic (exact) mass is 779 g/mol. The van der Waals surface area contributed by atoms with E-state index in [4.69, 9.17) is 15.0 Å². The van der Waals surface area contributed by atoms with E-state index in [-0.39, 0.29) is 0 Å². The van der Waals surface area contributed by atoms with E-state index in [1.54, 1.807) is 0 Å². The minimum atomic E-state index is -0.425. The third-order valence-corrected chi connectivity index (χ3v) is 13.9. The van der Waals surface area contributed by atoms with Crippen LogP contribution in [0.1, 0.15) is 22.3 Å². The van der Waals surface area contributed by atoms with E-state index < -0.39 is 5.41 Å². The summed E-state index contributed by atoms with van der Waals surface area (Å²) < 4.78 is 2.53. The lowest BCUT2D eigenvalue weighted by Crippen LogP contribution is -2.25. The quantitative estimate of drug-likeness (QED) is 0.179. The minimum Gasteiger partial charge on any atom is -0.208 e. The summed E-state index contributed by atoms with van der Waals surface area (Å²) in [5, 5.41) is 4.99. The Hall–Kier alpha value is -7.53. The number of aromatic nitrogens is 3. The molecule has 0 N–H and O–H groups in total. The standard InChI is InChI=1S/C56H33N3S/c1-2-14-36(15-3-1)53-57-54(59-55(58-53)38-30-32-50-44(33-38)43-19-8-11-24-49(43)60-50)37-27-25-35(26-28-37)40-20-12-23-47-51(40)52-39-16-5-4-13-34(39)29-31-48(52)56(47)45-21-9-6-17-41(45)42-18-7-10-22-46(42)56/h1-33H. The molecule has 4 heteroatoms. The normalized spacial score (nSPS) is 13.1. The number of thiophene rings is 1. The van der Waals surface area contributed by atoms with Gasteiger partial charge >= 0.3 is 0 Å². The first-order valence-corrected chi connectivity index (χ1v) is 21.3. The van der Waals surface area contributed by atoms with Crippen molar-refractivity contribution in [3.05, 3.63) is 222 Å². The van der Waals surface area contributed by atoms with Crippen LogP contribution in [0.15, 0.2) is 200 Å². The van der Waals surface area contributed by atoms with Gasteiger partial charge in [0.05, 0.1) is 5.41 Å². The first-order valence-electron chi connectivity index (χ1n) is 20.4. The van der Waals surface area contributed by atoms with Gasteiger partial charge < -0.3 is 0 Å². The van der Waals surface area contributed by atoms with E-state index in [2.05, 4.69) is 182 Å². The van der Waals surface area contributed by atoms with E-state index in [0.29, 0.717) is 17.5 Å². The van der Waals surface area contributed by atoms with E-state index in [9.17, 15) is 0 Å². The number of fused-ring (bicyclic) bond motifs is 15. The van der Waals surface area contributed by atoms with Crippen LogP contribution in [0.25, 0.3) is 98.5 Å². The van der Waals surface area contributed by atoms with E-state index in [0.717, 1.165) is 22.3 Å². The second-order valence-electron chi connectivity index (χ2n) is 15.8. The summed E-state index contributed by atoms with van der Waals surface area (Å²) in [7, 11) is 0. The summed E-state index contributed by atoms with van der Waals surface area (Å²) in [6.07, 6.45) is 0. The van der Waals surface area contributed by atoms with Crippen molar-refractivity contribution in [1.29, 1.82) is 0 Å². The van der Waals surface area contributed by atoms with Gasteiger partial charge in [-0.2, -0.15) is 0 Å². The number of rotatable bonds is 4. The molecule has 11 aromatic rings. The molecule has 278 valence electrons. The highest BCUT2D eigenvalue weighted by molar-refractivity contribution is 7.25. The van der Waals surface area contributed by atoms with Gasteiger partial charge in [0.15, 0.2) is 17.5 Å². The molecule has 0 atom stereocenters. The van der Waals surface area contributed by atoms with Gasteiger partial charge in [0.1, 0.15) is 0 Å². The lowest BCUT2D eigenvalue weighted by Gasteiger charge is -2.30. The first-order chi connectivity index (χ1) is 29.7. The number of hydrogen-bond acceptors (Lipinski definition) is 4. The van der Waals surface area contributed by atoms with Crippen molar-refractivity contribution in [2.45, 2.75) is 5.41 Å². The maximum absolute atomic E-state index is 5.17. The van der Waals surface area contributed by atoms with Crippen LogP contribution >= 0.6 is 11.3 Å². The molecule has 0 saturated heterocycles. The third kappa shape index (κ3) is 4.68. The summed E-state index contributed by atoms with van der Waals surface area (Å²) >= 11 is 1.82. The summed E-state index contributed by atoms with van der Waals surface area (Å²) in [5.74, 6) is 1.96. The zero-order valence-corrected chi connectivity index (χ0v) is 33.1. The highest BCUT2D eigenvalue weighted by Crippen LogP contribution is 2.65. The van der Waals surface area contributed by atoms with Crippen molar-refractivity contribution in [3.63, 3.8) is 0 Å². The van der Waals surface area contributed by atoms with E-state index in [1.807, 2.05) is 29.5 Å². The Bertz CT molecular complexity index is 3500. The molecule has 0 aliphatic heterocycles. The average Bonchev–Trinajstić information content (AvgIpc) is 3.96. The van der Waals surface area contributed by atoms with Crippen LogP contribution in [-0.2, 0) is 5.41 Å². The SMILES string of the molecule is c1ccc(-c2nc(-c3ccc(-c4cccc5c4-c4c(ccc6ccccc46)C54c5ccccc5-c5ccccc54)cc3)nc(-c3ccc4sc5ccccc5c4c3)n2)cc1. The van der Waals surface area contributed by atoms with Crippen molar-refractivity contribution in [3.8, 4) is 67.5 Å². The Labute approximate surface area is 351 Å². The topological polar surface area (TPSA) is 38.7 Å². The van der Waals surface area contributed by atoms with Gasteiger partial charge in [-0.1, -0.05) is 176 Å². The van der Waals surface area contributed by atoms with Crippen LogP contribution < -0.4 is 0 Å². The maximum Gasteiger partial charge on any atom is 0.164 e. The Kier molecular flexibility index (Phi) is 7.10. The highest BCUT2D eigenvalue weighted by atomic mass is 32.1. The van der Waals surface area contributed by atoms with Gasteiger partial charge in [-0.25, -0.2) is 15.0 Å². The Morgan fingerprint density at radius 1 is 0.317 bits per heavy atom. The van der Waals surface area contributed by atoms with Crippen LogP contribution in [0.5, 0.6) is 0 Å². The van der Waals surface area contributed by atoms with Crippen molar-refractivity contribution in [2.24, 2.45) is 0 Å². The zero-order valence-electron chi connectivity index (χ0n) is 32.3. The number of benzene rings is 9. The first kappa shape index (κ1) is 33.4. The zero-order chi connectivity index (χ0) is 39.4. The Morgan fingerprint density at radius 3 is 1.62 bits per heavy atom. The summed E-state index contributed by atoms with van der Waals surface area (Å²) in [5.41, 5.74) is 15.4. The molecule has 0 fully saturated rings. The van der Waals surface area contributed by atoms with Crippen molar-refractivity contribution >= 4 is 42.3 Å². The molecular weight excluding hydrogens is 747 g/mol. The van der Waals surface area contributed by atoms with Crippen molar-refractivity contribution in [1.82, 2.24) is 15.0 Å². The smallest absolute Gasteiger partial charge is 0.164 e. The molecule has 1 spiro atoms. The molecule has 0 radical (unpaired) electrons. The molecule has 0 bridgehead atoms. The molecule has 0 amide bonds. The fraction of sp³-hybridized carbons (Fsp3) is 0.0179. The Balaban J connectivity index is 0.990. The van der Waals surface area contributed by atoms with E-state index >= 15 is 0 Å². The molecule has 2 aliphatic rings. The summed E-state index contributed by atoms with van der Waals surface area (Å²) in [6, 6.07) is 72.7. The molecule has 2 aliphatic carbocycles. The molecule has 2 heterocycles. The number of nitrogens with zero attached hydrogens (tertiary/aromatic N) is 3. The summed E-state index contributed by atoms with van der Waals surface area (Å²) in [6.45, 7) is 0. The average molecular weight is 780 g/mol. The Morgan fingerprint density at radius 2 is 0.850 bits per heavy atom. The fourth-order valence-corrected chi connectivity index (χ4v) is 11.3. The minimum absolute atomic E-state index is 0.425. The molecular formula is C56H33N3S. The largest absolute Gasteiger partial charge is 0.208 e. The fourth-order valence-electron chi connectivity index (χ4n) is 10.2. The van der Waals surface area contributed by atoms with Gasteiger partial charge in [0.2, 0.25) is 0 Å². The molecule has 60 heavy (non-hydrogen) atoms. The second-order valence-corrected chi connectivity index (χ2v) is 16.9. The van der Waals surface area contributed by atoms with Crippen LogP contribution in [0.4, 0.5) is 0 Å². The molecule has 9 aromatic carbocycles. The van der Waals surface area contributed by atoms with Gasteiger partial charge in [-0.15, -0.1) is 11.3 Å². The van der Waals surface area contributed by atoms with Crippen molar-refractivity contribution in [2.75, 3.05) is 0 Å². The van der Waals surface area contributed by atoms with Gasteiger partial charge in [-0.3, -0.25) is 0 Å². The predicted molar refractivity (Wildman–Crippen MR) is 248 cm³/mol.